The Morgan fingerprint density at radius 1 is 1.22 bits per heavy atom. The van der Waals surface area contributed by atoms with Crippen LogP contribution in [0.25, 0.3) is 0 Å². The third kappa shape index (κ3) is 3.03. The van der Waals surface area contributed by atoms with Crippen molar-refractivity contribution in [2.45, 2.75) is 43.5 Å². The van der Waals surface area contributed by atoms with Crippen molar-refractivity contribution < 1.29 is 13.5 Å². The number of hydrogen-bond acceptors (Lipinski definition) is 3. The number of hydrogen-bond donors (Lipinski definition) is 2. The van der Waals surface area contributed by atoms with E-state index in [9.17, 15) is 8.42 Å². The summed E-state index contributed by atoms with van der Waals surface area (Å²) in [6.07, 6.45) is 4.57. The predicted molar refractivity (Wildman–Crippen MR) is 69.8 cm³/mol. The zero-order chi connectivity index (χ0) is 13.2. The number of benzene rings is 1. The quantitative estimate of drug-likeness (QED) is 0.881. The second-order valence-electron chi connectivity index (χ2n) is 4.95. The van der Waals surface area contributed by atoms with Crippen LogP contribution in [0.1, 0.15) is 32.6 Å². The zero-order valence-electron chi connectivity index (χ0n) is 10.5. The maximum absolute atomic E-state index is 12.1. The molecule has 18 heavy (non-hydrogen) atoms. The molecular weight excluding hydrogens is 250 g/mol. The molecule has 0 saturated heterocycles. The summed E-state index contributed by atoms with van der Waals surface area (Å²) in [4.78, 5) is 0.199. The van der Waals surface area contributed by atoms with Gasteiger partial charge in [-0.25, -0.2) is 13.1 Å². The lowest BCUT2D eigenvalue weighted by Gasteiger charge is -2.20. The average Bonchev–Trinajstić information content (AvgIpc) is 2.82. The summed E-state index contributed by atoms with van der Waals surface area (Å²) in [6, 6.07) is 5.56. The van der Waals surface area contributed by atoms with Gasteiger partial charge in [-0.3, -0.25) is 0 Å². The van der Waals surface area contributed by atoms with E-state index in [1.807, 2.05) is 6.92 Å². The Morgan fingerprint density at radius 2 is 1.78 bits per heavy atom. The van der Waals surface area contributed by atoms with E-state index in [1.165, 1.54) is 37.1 Å². The van der Waals surface area contributed by atoms with Gasteiger partial charge in [0.1, 0.15) is 5.75 Å². The molecule has 0 aromatic heterocycles. The Bertz CT molecular complexity index is 489. The molecule has 1 saturated carbocycles. The smallest absolute Gasteiger partial charge is 0.240 e. The second kappa shape index (κ2) is 5.28. The summed E-state index contributed by atoms with van der Waals surface area (Å²) in [5.41, 5.74) is 0. The Hall–Kier alpha value is -1.07. The molecule has 0 bridgehead atoms. The molecule has 4 nitrogen and oxygen atoms in total. The van der Waals surface area contributed by atoms with Gasteiger partial charge in [0.25, 0.3) is 0 Å². The van der Waals surface area contributed by atoms with E-state index in [4.69, 9.17) is 5.11 Å². The fourth-order valence-electron chi connectivity index (χ4n) is 2.49. The van der Waals surface area contributed by atoms with Gasteiger partial charge in [-0.2, -0.15) is 0 Å². The van der Waals surface area contributed by atoms with Gasteiger partial charge >= 0.3 is 0 Å². The maximum atomic E-state index is 12.1. The van der Waals surface area contributed by atoms with Gasteiger partial charge in [-0.05, 0) is 49.9 Å². The summed E-state index contributed by atoms with van der Waals surface area (Å²) in [5, 5.41) is 9.16. The van der Waals surface area contributed by atoms with Crippen molar-refractivity contribution in [3.05, 3.63) is 24.3 Å². The van der Waals surface area contributed by atoms with E-state index in [-0.39, 0.29) is 16.7 Å². The van der Waals surface area contributed by atoms with Crippen LogP contribution < -0.4 is 4.72 Å². The van der Waals surface area contributed by atoms with Crippen molar-refractivity contribution in [1.29, 1.82) is 0 Å². The van der Waals surface area contributed by atoms with Crippen molar-refractivity contribution in [2.24, 2.45) is 5.92 Å². The number of sulfonamides is 1. The largest absolute Gasteiger partial charge is 0.508 e. The molecule has 1 aliphatic carbocycles. The molecule has 0 amide bonds. The van der Waals surface area contributed by atoms with Crippen LogP contribution >= 0.6 is 0 Å². The van der Waals surface area contributed by atoms with E-state index < -0.39 is 10.0 Å². The molecule has 1 aliphatic rings. The van der Waals surface area contributed by atoms with Crippen LogP contribution in [-0.2, 0) is 10.0 Å². The molecular formula is C13H19NO3S. The standard InChI is InChI=1S/C13H19NO3S/c1-10(11-4-2-3-5-11)14-18(16,17)13-8-6-12(15)7-9-13/h6-11,14-15H,2-5H2,1H3. The lowest BCUT2D eigenvalue weighted by atomic mass is 10.0. The van der Waals surface area contributed by atoms with Crippen LogP contribution in [0.5, 0.6) is 5.75 Å². The van der Waals surface area contributed by atoms with Gasteiger partial charge in [0.15, 0.2) is 0 Å². The summed E-state index contributed by atoms with van der Waals surface area (Å²) in [5.74, 6) is 0.509. The first kappa shape index (κ1) is 13.4. The van der Waals surface area contributed by atoms with Crippen LogP contribution in [0.4, 0.5) is 0 Å². The molecule has 100 valence electrons. The minimum absolute atomic E-state index is 0.0358. The highest BCUT2D eigenvalue weighted by Crippen LogP contribution is 2.28. The molecule has 0 heterocycles. The number of phenolic OH excluding ortho intramolecular Hbond substituents is 1. The molecule has 1 fully saturated rings. The van der Waals surface area contributed by atoms with Crippen molar-refractivity contribution in [3.63, 3.8) is 0 Å². The molecule has 5 heteroatoms. The highest BCUT2D eigenvalue weighted by Gasteiger charge is 2.25. The summed E-state index contributed by atoms with van der Waals surface area (Å²) >= 11 is 0. The van der Waals surface area contributed by atoms with Crippen LogP contribution in [-0.4, -0.2) is 19.6 Å². The molecule has 2 N–H and O–H groups in total. The first-order chi connectivity index (χ1) is 8.49. The number of aromatic hydroxyl groups is 1. The zero-order valence-corrected chi connectivity index (χ0v) is 11.3. The molecule has 2 rings (SSSR count). The topological polar surface area (TPSA) is 66.4 Å². The molecule has 1 aromatic rings. The SMILES string of the molecule is CC(NS(=O)(=O)c1ccc(O)cc1)C1CCCC1. The monoisotopic (exact) mass is 269 g/mol. The van der Waals surface area contributed by atoms with Crippen LogP contribution in [0.2, 0.25) is 0 Å². The van der Waals surface area contributed by atoms with Crippen molar-refractivity contribution >= 4 is 10.0 Å². The highest BCUT2D eigenvalue weighted by molar-refractivity contribution is 7.89. The van der Waals surface area contributed by atoms with Gasteiger partial charge in [-0.1, -0.05) is 12.8 Å². The second-order valence-corrected chi connectivity index (χ2v) is 6.66. The molecule has 0 spiro atoms. The van der Waals surface area contributed by atoms with E-state index in [2.05, 4.69) is 4.72 Å². The minimum Gasteiger partial charge on any atom is -0.508 e. The third-order valence-corrected chi connectivity index (χ3v) is 5.17. The maximum Gasteiger partial charge on any atom is 0.240 e. The van der Waals surface area contributed by atoms with Crippen LogP contribution in [0.15, 0.2) is 29.2 Å². The molecule has 1 atom stereocenters. The van der Waals surface area contributed by atoms with E-state index >= 15 is 0 Å². The predicted octanol–water partition coefficient (Wildman–Crippen LogP) is 2.25. The Balaban J connectivity index is 2.09. The van der Waals surface area contributed by atoms with Gasteiger partial charge in [0, 0.05) is 6.04 Å². The van der Waals surface area contributed by atoms with Crippen molar-refractivity contribution in [1.82, 2.24) is 4.72 Å². The Labute approximate surface area is 108 Å². The summed E-state index contributed by atoms with van der Waals surface area (Å²) in [7, 11) is -3.47. The van der Waals surface area contributed by atoms with E-state index in [0.717, 1.165) is 12.8 Å². The normalized spacial score (nSPS) is 18.9. The molecule has 1 aromatic carbocycles. The Kier molecular flexibility index (Phi) is 3.92. The van der Waals surface area contributed by atoms with Crippen molar-refractivity contribution in [3.8, 4) is 5.75 Å². The van der Waals surface area contributed by atoms with Crippen LogP contribution in [0.3, 0.4) is 0 Å². The van der Waals surface area contributed by atoms with Gasteiger partial charge in [-0.15, -0.1) is 0 Å². The fraction of sp³-hybridized carbons (Fsp3) is 0.538. The Morgan fingerprint density at radius 3 is 2.33 bits per heavy atom. The van der Waals surface area contributed by atoms with Gasteiger partial charge < -0.3 is 5.11 Å². The first-order valence-corrected chi connectivity index (χ1v) is 7.79. The number of rotatable bonds is 4. The third-order valence-electron chi connectivity index (χ3n) is 3.60. The first-order valence-electron chi connectivity index (χ1n) is 6.30. The number of phenols is 1. The lowest BCUT2D eigenvalue weighted by molar-refractivity contribution is 0.424. The molecule has 0 aliphatic heterocycles. The van der Waals surface area contributed by atoms with E-state index in [1.54, 1.807) is 0 Å². The molecule has 0 radical (unpaired) electrons. The lowest BCUT2D eigenvalue weighted by Crippen LogP contribution is -2.37. The van der Waals surface area contributed by atoms with E-state index in [0.29, 0.717) is 5.92 Å². The average molecular weight is 269 g/mol. The fourth-order valence-corrected chi connectivity index (χ4v) is 3.80. The summed E-state index contributed by atoms with van der Waals surface area (Å²) in [6.45, 7) is 1.92. The van der Waals surface area contributed by atoms with Crippen molar-refractivity contribution in [2.75, 3.05) is 0 Å². The van der Waals surface area contributed by atoms with Gasteiger partial charge in [0.05, 0.1) is 4.90 Å². The highest BCUT2D eigenvalue weighted by atomic mass is 32.2. The minimum atomic E-state index is -3.47. The summed E-state index contributed by atoms with van der Waals surface area (Å²) < 4.78 is 27.0. The number of nitrogens with one attached hydrogen (secondary N) is 1. The molecule has 1 unspecified atom stereocenters. The van der Waals surface area contributed by atoms with Gasteiger partial charge in [0.2, 0.25) is 10.0 Å². The van der Waals surface area contributed by atoms with Crippen LogP contribution in [0, 0.1) is 5.92 Å².